The van der Waals surface area contributed by atoms with Crippen molar-refractivity contribution in [2.75, 3.05) is 6.61 Å². The summed E-state index contributed by atoms with van der Waals surface area (Å²) in [7, 11) is 0. The molecule has 0 aromatic carbocycles. The Balaban J connectivity index is 4.30. The van der Waals surface area contributed by atoms with Crippen molar-refractivity contribution < 1.29 is 19.1 Å². The molecule has 0 radical (unpaired) electrons. The number of Topliss-reactive ketones (excluding diaryl/α,β-unsaturated/α-hetero) is 1. The van der Waals surface area contributed by atoms with Crippen LogP contribution in [0.5, 0.6) is 0 Å². The highest BCUT2D eigenvalue weighted by atomic mass is 16.5. The summed E-state index contributed by atoms with van der Waals surface area (Å²) in [6, 6.07) is -0.799. The molecule has 5 heteroatoms. The molecule has 0 saturated carbocycles. The van der Waals surface area contributed by atoms with Gasteiger partial charge in [-0.3, -0.25) is 9.59 Å². The van der Waals surface area contributed by atoms with Crippen molar-refractivity contribution in [3.05, 3.63) is 0 Å². The molecule has 0 unspecified atom stereocenters. The lowest BCUT2D eigenvalue weighted by molar-refractivity contribution is -0.131. The van der Waals surface area contributed by atoms with E-state index in [-0.39, 0.29) is 18.8 Å². The second-order valence-electron chi connectivity index (χ2n) is 3.11. The van der Waals surface area contributed by atoms with Crippen LogP contribution in [0.1, 0.15) is 20.8 Å². The van der Waals surface area contributed by atoms with Crippen molar-refractivity contribution in [2.24, 2.45) is 5.92 Å². The third kappa shape index (κ3) is 4.02. The average Bonchev–Trinajstić information content (AvgIpc) is 2.13. The second kappa shape index (κ2) is 6.12. The third-order valence-electron chi connectivity index (χ3n) is 1.64. The number of aldehydes is 1. The van der Waals surface area contributed by atoms with E-state index in [0.717, 1.165) is 0 Å². The van der Waals surface area contributed by atoms with Crippen LogP contribution in [0.4, 0.5) is 4.79 Å². The quantitative estimate of drug-likeness (QED) is 0.520. The van der Waals surface area contributed by atoms with Gasteiger partial charge in [0.15, 0.2) is 6.29 Å². The molecule has 0 saturated heterocycles. The molecule has 80 valence electrons. The van der Waals surface area contributed by atoms with Gasteiger partial charge in [-0.05, 0) is 12.8 Å². The Morgan fingerprint density at radius 2 is 2.00 bits per heavy atom. The van der Waals surface area contributed by atoms with Crippen molar-refractivity contribution in [3.8, 4) is 0 Å². The van der Waals surface area contributed by atoms with Crippen LogP contribution in [0, 0.1) is 5.92 Å². The SMILES string of the molecule is CCOC(=O)N[C@H](C(=O)C=O)C(C)C. The lowest BCUT2D eigenvalue weighted by atomic mass is 10.0. The summed E-state index contributed by atoms with van der Waals surface area (Å²) in [4.78, 5) is 32.3. The lowest BCUT2D eigenvalue weighted by Crippen LogP contribution is -2.45. The number of hydrogen-bond acceptors (Lipinski definition) is 4. The molecule has 14 heavy (non-hydrogen) atoms. The summed E-state index contributed by atoms with van der Waals surface area (Å²) in [5.41, 5.74) is 0. The largest absolute Gasteiger partial charge is 0.450 e. The molecule has 0 aliphatic rings. The fourth-order valence-corrected chi connectivity index (χ4v) is 0.939. The summed E-state index contributed by atoms with van der Waals surface area (Å²) in [6.07, 6.45) is -0.474. The second-order valence-corrected chi connectivity index (χ2v) is 3.11. The smallest absolute Gasteiger partial charge is 0.407 e. The number of nitrogens with one attached hydrogen (secondary N) is 1. The molecule has 0 aromatic rings. The minimum atomic E-state index is -0.799. The molecule has 5 nitrogen and oxygen atoms in total. The van der Waals surface area contributed by atoms with E-state index in [9.17, 15) is 14.4 Å². The van der Waals surface area contributed by atoms with E-state index >= 15 is 0 Å². The van der Waals surface area contributed by atoms with E-state index < -0.39 is 17.9 Å². The summed E-state index contributed by atoms with van der Waals surface area (Å²) < 4.78 is 4.60. The molecule has 0 rings (SSSR count). The first-order valence-electron chi connectivity index (χ1n) is 4.45. The van der Waals surface area contributed by atoms with E-state index in [1.807, 2.05) is 0 Å². The van der Waals surface area contributed by atoms with Crippen LogP contribution < -0.4 is 5.32 Å². The third-order valence-corrected chi connectivity index (χ3v) is 1.64. The maximum atomic E-state index is 11.1. The minimum Gasteiger partial charge on any atom is -0.450 e. The van der Waals surface area contributed by atoms with E-state index in [4.69, 9.17) is 0 Å². The minimum absolute atomic E-state index is 0.142. The maximum absolute atomic E-state index is 11.1. The van der Waals surface area contributed by atoms with Crippen LogP contribution in [0.25, 0.3) is 0 Å². The van der Waals surface area contributed by atoms with E-state index in [2.05, 4.69) is 10.1 Å². The summed E-state index contributed by atoms with van der Waals surface area (Å²) in [5, 5.41) is 2.33. The predicted molar refractivity (Wildman–Crippen MR) is 49.9 cm³/mol. The van der Waals surface area contributed by atoms with Gasteiger partial charge in [-0.1, -0.05) is 13.8 Å². The van der Waals surface area contributed by atoms with Crippen LogP contribution in [0.15, 0.2) is 0 Å². The summed E-state index contributed by atoms with van der Waals surface area (Å²) in [5.74, 6) is -0.787. The molecule has 1 atom stereocenters. The van der Waals surface area contributed by atoms with E-state index in [0.29, 0.717) is 0 Å². The number of carbonyl (C=O) groups is 3. The fourth-order valence-electron chi connectivity index (χ4n) is 0.939. The van der Waals surface area contributed by atoms with Crippen molar-refractivity contribution in [3.63, 3.8) is 0 Å². The molecule has 0 bridgehead atoms. The number of ether oxygens (including phenoxy) is 1. The van der Waals surface area contributed by atoms with Crippen LogP contribution in [-0.2, 0) is 14.3 Å². The van der Waals surface area contributed by atoms with E-state index in [1.54, 1.807) is 20.8 Å². The topological polar surface area (TPSA) is 72.5 Å². The Hall–Kier alpha value is -1.39. The monoisotopic (exact) mass is 201 g/mol. The number of amides is 1. The number of alkyl carbamates (subject to hydrolysis) is 1. The van der Waals surface area contributed by atoms with Crippen molar-refractivity contribution in [2.45, 2.75) is 26.8 Å². The highest BCUT2D eigenvalue weighted by molar-refractivity contribution is 6.27. The normalized spacial score (nSPS) is 12.0. The van der Waals surface area contributed by atoms with Crippen LogP contribution in [0.2, 0.25) is 0 Å². The Morgan fingerprint density at radius 3 is 2.36 bits per heavy atom. The van der Waals surface area contributed by atoms with Gasteiger partial charge in [-0.2, -0.15) is 0 Å². The molecule has 0 aromatic heterocycles. The molecule has 0 spiro atoms. The Kier molecular flexibility index (Phi) is 5.52. The highest BCUT2D eigenvalue weighted by Crippen LogP contribution is 2.02. The standard InChI is InChI=1S/C9H15NO4/c1-4-14-9(13)10-8(6(2)3)7(12)5-11/h5-6,8H,4H2,1-3H3,(H,10,13)/t8-/m0/s1. The summed E-state index contributed by atoms with van der Waals surface area (Å²) >= 11 is 0. The molecule has 0 heterocycles. The zero-order valence-electron chi connectivity index (χ0n) is 8.57. The Bertz CT molecular complexity index is 225. The predicted octanol–water partition coefficient (Wildman–Crippen LogP) is 0.525. The zero-order valence-corrected chi connectivity index (χ0v) is 8.57. The Morgan fingerprint density at radius 1 is 1.43 bits per heavy atom. The van der Waals surface area contributed by atoms with Gasteiger partial charge in [0.2, 0.25) is 5.78 Å². The molecule has 1 N–H and O–H groups in total. The molecular formula is C9H15NO4. The van der Waals surface area contributed by atoms with Crippen molar-refractivity contribution in [1.29, 1.82) is 0 Å². The molecule has 1 amide bonds. The first-order chi connectivity index (χ1) is 6.52. The number of rotatable bonds is 5. The van der Waals surface area contributed by atoms with Crippen molar-refractivity contribution >= 4 is 18.2 Å². The van der Waals surface area contributed by atoms with Gasteiger partial charge in [-0.25, -0.2) is 4.79 Å². The van der Waals surface area contributed by atoms with Crippen LogP contribution in [-0.4, -0.2) is 30.8 Å². The zero-order chi connectivity index (χ0) is 11.1. The van der Waals surface area contributed by atoms with Gasteiger partial charge in [0.05, 0.1) is 6.61 Å². The Labute approximate surface area is 82.8 Å². The van der Waals surface area contributed by atoms with Gasteiger partial charge in [-0.15, -0.1) is 0 Å². The molecule has 0 aliphatic heterocycles. The molecule has 0 aliphatic carbocycles. The number of ketones is 1. The summed E-state index contributed by atoms with van der Waals surface area (Å²) in [6.45, 7) is 5.36. The highest BCUT2D eigenvalue weighted by Gasteiger charge is 2.23. The van der Waals surface area contributed by atoms with Crippen molar-refractivity contribution in [1.82, 2.24) is 5.32 Å². The van der Waals surface area contributed by atoms with Gasteiger partial charge in [0.25, 0.3) is 0 Å². The average molecular weight is 201 g/mol. The van der Waals surface area contributed by atoms with Gasteiger partial charge in [0.1, 0.15) is 6.04 Å². The van der Waals surface area contributed by atoms with Gasteiger partial charge < -0.3 is 10.1 Å². The fraction of sp³-hybridized carbons (Fsp3) is 0.667. The number of hydrogen-bond donors (Lipinski definition) is 1. The first kappa shape index (κ1) is 12.6. The first-order valence-corrected chi connectivity index (χ1v) is 4.45. The lowest BCUT2D eigenvalue weighted by Gasteiger charge is -2.17. The molecule has 0 fully saturated rings. The molecular weight excluding hydrogens is 186 g/mol. The van der Waals surface area contributed by atoms with Gasteiger partial charge in [0, 0.05) is 0 Å². The van der Waals surface area contributed by atoms with Crippen LogP contribution in [0.3, 0.4) is 0 Å². The maximum Gasteiger partial charge on any atom is 0.407 e. The number of carbonyl (C=O) groups excluding carboxylic acids is 3. The van der Waals surface area contributed by atoms with Crippen LogP contribution >= 0.6 is 0 Å². The van der Waals surface area contributed by atoms with E-state index in [1.165, 1.54) is 0 Å². The van der Waals surface area contributed by atoms with Gasteiger partial charge >= 0.3 is 6.09 Å².